The summed E-state index contributed by atoms with van der Waals surface area (Å²) in [7, 11) is 1.87. The highest BCUT2D eigenvalue weighted by Crippen LogP contribution is 2.40. The van der Waals surface area contributed by atoms with Gasteiger partial charge in [-0.2, -0.15) is 16.9 Å². The maximum atomic E-state index is 13.3. The Kier molecular flexibility index (Phi) is 3.92. The number of aryl methyl sites for hydroxylation is 1. The first-order chi connectivity index (χ1) is 11.1. The van der Waals surface area contributed by atoms with E-state index < -0.39 is 0 Å². The Labute approximate surface area is 148 Å². The van der Waals surface area contributed by atoms with Crippen molar-refractivity contribution in [2.75, 3.05) is 6.26 Å². The zero-order chi connectivity index (χ0) is 16.1. The Morgan fingerprint density at radius 1 is 1.30 bits per heavy atom. The number of fused-ring (bicyclic) bond motifs is 3. The lowest BCUT2D eigenvalue weighted by molar-refractivity contribution is 0.0592. The lowest BCUT2D eigenvalue weighted by Crippen LogP contribution is -2.47. The van der Waals surface area contributed by atoms with E-state index in [-0.39, 0.29) is 5.91 Å². The van der Waals surface area contributed by atoms with Gasteiger partial charge in [-0.15, -0.1) is 0 Å². The fraction of sp³-hybridized carbons (Fsp3) is 0.529. The number of hydrogen-bond acceptors (Lipinski definition) is 3. The van der Waals surface area contributed by atoms with Crippen LogP contribution in [0, 0.1) is 0 Å². The smallest absolute Gasteiger partial charge is 0.273 e. The minimum atomic E-state index is 0.157. The number of carbonyl (C=O) groups is 1. The number of benzene rings is 1. The van der Waals surface area contributed by atoms with Gasteiger partial charge >= 0.3 is 0 Å². The molecule has 2 aliphatic rings. The molecule has 2 fully saturated rings. The molecule has 0 saturated carbocycles. The van der Waals surface area contributed by atoms with Crippen molar-refractivity contribution in [3.8, 4) is 0 Å². The minimum Gasteiger partial charge on any atom is -0.331 e. The van der Waals surface area contributed by atoms with Crippen molar-refractivity contribution in [1.29, 1.82) is 0 Å². The third-order valence-electron chi connectivity index (χ3n) is 5.26. The molecule has 2 aromatic rings. The SMILES string of the molecule is CSC1CC2CCC(C1)N2C(=O)c1c2ccc(Br)cc2nn1C. The van der Waals surface area contributed by atoms with Crippen LogP contribution in [0.4, 0.5) is 0 Å². The van der Waals surface area contributed by atoms with E-state index in [1.165, 1.54) is 0 Å². The van der Waals surface area contributed by atoms with E-state index in [1.807, 2.05) is 37.0 Å². The fourth-order valence-corrected chi connectivity index (χ4v) is 5.38. The molecule has 1 amide bonds. The van der Waals surface area contributed by atoms with Crippen molar-refractivity contribution in [3.63, 3.8) is 0 Å². The van der Waals surface area contributed by atoms with Crippen LogP contribution in [0.3, 0.4) is 0 Å². The van der Waals surface area contributed by atoms with Gasteiger partial charge in [0.1, 0.15) is 5.69 Å². The number of hydrogen-bond donors (Lipinski definition) is 0. The van der Waals surface area contributed by atoms with Crippen LogP contribution in [-0.4, -0.2) is 44.2 Å². The Balaban J connectivity index is 1.72. The average Bonchev–Trinajstić information content (AvgIpc) is 2.99. The molecule has 0 radical (unpaired) electrons. The van der Waals surface area contributed by atoms with Crippen molar-refractivity contribution in [3.05, 3.63) is 28.4 Å². The van der Waals surface area contributed by atoms with Gasteiger partial charge in [0.05, 0.1) is 5.52 Å². The van der Waals surface area contributed by atoms with Gasteiger partial charge in [0.25, 0.3) is 5.91 Å². The first-order valence-corrected chi connectivity index (χ1v) is 10.1. The molecule has 2 unspecified atom stereocenters. The molecule has 0 aliphatic carbocycles. The van der Waals surface area contributed by atoms with Crippen molar-refractivity contribution >= 4 is 44.5 Å². The zero-order valence-corrected chi connectivity index (χ0v) is 15.7. The summed E-state index contributed by atoms with van der Waals surface area (Å²) in [5.41, 5.74) is 1.60. The van der Waals surface area contributed by atoms with E-state index in [1.54, 1.807) is 4.68 Å². The van der Waals surface area contributed by atoms with Crippen LogP contribution in [0.1, 0.15) is 36.2 Å². The molecule has 4 nitrogen and oxygen atoms in total. The number of halogens is 1. The second-order valence-corrected chi connectivity index (χ2v) is 8.61. The molecular formula is C17H20BrN3OS. The van der Waals surface area contributed by atoms with E-state index in [9.17, 15) is 4.79 Å². The number of thioether (sulfide) groups is 1. The highest BCUT2D eigenvalue weighted by molar-refractivity contribution is 9.10. The molecule has 122 valence electrons. The van der Waals surface area contributed by atoms with Crippen molar-refractivity contribution in [2.45, 2.75) is 43.0 Å². The lowest BCUT2D eigenvalue weighted by atomic mass is 10.0. The first kappa shape index (κ1) is 15.5. The van der Waals surface area contributed by atoms with Crippen molar-refractivity contribution < 1.29 is 4.79 Å². The largest absolute Gasteiger partial charge is 0.331 e. The van der Waals surface area contributed by atoms with Gasteiger partial charge in [-0.25, -0.2) is 0 Å². The molecule has 2 aliphatic heterocycles. The maximum Gasteiger partial charge on any atom is 0.273 e. The molecule has 23 heavy (non-hydrogen) atoms. The molecule has 6 heteroatoms. The highest BCUT2D eigenvalue weighted by atomic mass is 79.9. The van der Waals surface area contributed by atoms with Crippen LogP contribution in [0.2, 0.25) is 0 Å². The van der Waals surface area contributed by atoms with Crippen molar-refractivity contribution in [2.24, 2.45) is 7.05 Å². The van der Waals surface area contributed by atoms with E-state index in [0.29, 0.717) is 17.3 Å². The predicted octanol–water partition coefficient (Wildman–Crippen LogP) is 3.83. The highest BCUT2D eigenvalue weighted by Gasteiger charge is 2.44. The van der Waals surface area contributed by atoms with Crippen LogP contribution in [0.15, 0.2) is 22.7 Å². The molecule has 2 saturated heterocycles. The third-order valence-corrected chi connectivity index (χ3v) is 6.80. The van der Waals surface area contributed by atoms with Gasteiger partial charge in [-0.3, -0.25) is 9.48 Å². The molecule has 0 spiro atoms. The number of amides is 1. The molecule has 3 heterocycles. The van der Waals surface area contributed by atoms with Gasteiger partial charge in [0, 0.05) is 34.2 Å². The van der Waals surface area contributed by atoms with E-state index in [4.69, 9.17) is 0 Å². The molecule has 4 rings (SSSR count). The van der Waals surface area contributed by atoms with Crippen LogP contribution in [0.5, 0.6) is 0 Å². The Morgan fingerprint density at radius 3 is 2.65 bits per heavy atom. The van der Waals surface area contributed by atoms with Gasteiger partial charge < -0.3 is 4.90 Å². The summed E-state index contributed by atoms with van der Waals surface area (Å²) in [5, 5.41) is 6.18. The molecule has 2 bridgehead atoms. The molecule has 1 aromatic heterocycles. The topological polar surface area (TPSA) is 38.1 Å². The minimum absolute atomic E-state index is 0.157. The average molecular weight is 394 g/mol. The normalized spacial score (nSPS) is 26.9. The summed E-state index contributed by atoms with van der Waals surface area (Å²) >= 11 is 5.43. The number of rotatable bonds is 2. The van der Waals surface area contributed by atoms with E-state index >= 15 is 0 Å². The van der Waals surface area contributed by atoms with E-state index in [2.05, 4.69) is 32.2 Å². The van der Waals surface area contributed by atoms with Gasteiger partial charge in [-0.05, 0) is 50.1 Å². The number of carbonyl (C=O) groups excluding carboxylic acids is 1. The predicted molar refractivity (Wildman–Crippen MR) is 97.9 cm³/mol. The fourth-order valence-electron chi connectivity index (χ4n) is 4.20. The first-order valence-electron chi connectivity index (χ1n) is 8.06. The second-order valence-electron chi connectivity index (χ2n) is 6.56. The molecule has 2 atom stereocenters. The van der Waals surface area contributed by atoms with Crippen LogP contribution in [0.25, 0.3) is 10.9 Å². The summed E-state index contributed by atoms with van der Waals surface area (Å²) in [5.74, 6) is 0.157. The van der Waals surface area contributed by atoms with Crippen molar-refractivity contribution in [1.82, 2.24) is 14.7 Å². The number of piperidine rings is 1. The van der Waals surface area contributed by atoms with Gasteiger partial charge in [0.2, 0.25) is 0 Å². The van der Waals surface area contributed by atoms with Crippen LogP contribution < -0.4 is 0 Å². The summed E-state index contributed by atoms with van der Waals surface area (Å²) in [6.45, 7) is 0. The maximum absolute atomic E-state index is 13.3. The lowest BCUT2D eigenvalue weighted by Gasteiger charge is -2.38. The quantitative estimate of drug-likeness (QED) is 0.777. The summed E-state index contributed by atoms with van der Waals surface area (Å²) in [6.07, 6.45) is 6.74. The monoisotopic (exact) mass is 393 g/mol. The van der Waals surface area contributed by atoms with Crippen LogP contribution in [-0.2, 0) is 7.05 Å². The standard InChI is InChI=1S/C17H20BrN3OS/c1-20-16(14-6-3-10(18)7-15(14)19-20)17(22)21-11-4-5-12(21)9-13(8-11)23-2/h3,6-7,11-13H,4-5,8-9H2,1-2H3. The van der Waals surface area contributed by atoms with Gasteiger partial charge in [-0.1, -0.05) is 15.9 Å². The molecular weight excluding hydrogens is 374 g/mol. The molecule has 0 N–H and O–H groups in total. The summed E-state index contributed by atoms with van der Waals surface area (Å²) in [6, 6.07) is 6.75. The van der Waals surface area contributed by atoms with Crippen LogP contribution >= 0.6 is 27.7 Å². The second kappa shape index (κ2) is 5.81. The van der Waals surface area contributed by atoms with E-state index in [0.717, 1.165) is 46.8 Å². The molecule has 1 aromatic carbocycles. The Morgan fingerprint density at radius 2 is 2.00 bits per heavy atom. The summed E-state index contributed by atoms with van der Waals surface area (Å²) in [4.78, 5) is 15.4. The summed E-state index contributed by atoms with van der Waals surface area (Å²) < 4.78 is 2.74. The number of nitrogens with zero attached hydrogens (tertiary/aromatic N) is 3. The third kappa shape index (κ3) is 2.50. The Hall–Kier alpha value is -1.01. The Bertz CT molecular complexity index is 761. The number of aromatic nitrogens is 2. The zero-order valence-electron chi connectivity index (χ0n) is 13.3. The van der Waals surface area contributed by atoms with Gasteiger partial charge in [0.15, 0.2) is 0 Å².